The Morgan fingerprint density at radius 1 is 1.41 bits per heavy atom. The van der Waals surface area contributed by atoms with Gasteiger partial charge in [-0.1, -0.05) is 6.07 Å². The lowest BCUT2D eigenvalue weighted by Gasteiger charge is -2.11. The van der Waals surface area contributed by atoms with Crippen LogP contribution in [-0.4, -0.2) is 18.5 Å². The number of carbonyl (C=O) groups is 2. The van der Waals surface area contributed by atoms with Crippen LogP contribution < -0.4 is 15.4 Å². The number of imide groups is 1. The second-order valence-electron chi connectivity index (χ2n) is 3.41. The van der Waals surface area contributed by atoms with E-state index < -0.39 is 6.03 Å². The molecule has 0 radical (unpaired) electrons. The Bertz CT molecular complexity index is 383. The SMILES string of the molecule is CC(C)Oc1cccc(NC(=O)NC=O)c1.Cl. The Balaban J connectivity index is 0.00000256. The fourth-order valence-corrected chi connectivity index (χ4v) is 1.14. The molecule has 0 saturated heterocycles. The molecule has 0 heterocycles. The van der Waals surface area contributed by atoms with Crippen molar-refractivity contribution in [1.82, 2.24) is 5.32 Å². The molecule has 0 spiro atoms. The van der Waals surface area contributed by atoms with E-state index in [0.29, 0.717) is 17.8 Å². The van der Waals surface area contributed by atoms with E-state index >= 15 is 0 Å². The molecule has 0 bridgehead atoms. The van der Waals surface area contributed by atoms with Crippen molar-refractivity contribution >= 4 is 30.5 Å². The Morgan fingerprint density at radius 2 is 2.12 bits per heavy atom. The van der Waals surface area contributed by atoms with Gasteiger partial charge in [0.1, 0.15) is 5.75 Å². The van der Waals surface area contributed by atoms with Crippen LogP contribution in [0.1, 0.15) is 13.8 Å². The summed E-state index contributed by atoms with van der Waals surface area (Å²) in [6, 6.07) is 6.37. The van der Waals surface area contributed by atoms with Crippen LogP contribution in [-0.2, 0) is 4.79 Å². The summed E-state index contributed by atoms with van der Waals surface area (Å²) < 4.78 is 5.46. The van der Waals surface area contributed by atoms with Gasteiger partial charge in [-0.3, -0.25) is 10.1 Å². The Kier molecular flexibility index (Phi) is 6.74. The van der Waals surface area contributed by atoms with Gasteiger partial charge in [0, 0.05) is 11.8 Å². The molecule has 0 saturated carbocycles. The number of benzene rings is 1. The van der Waals surface area contributed by atoms with E-state index in [0.717, 1.165) is 0 Å². The summed E-state index contributed by atoms with van der Waals surface area (Å²) in [5, 5.41) is 4.48. The number of hydrogen-bond acceptors (Lipinski definition) is 3. The van der Waals surface area contributed by atoms with E-state index in [9.17, 15) is 9.59 Å². The summed E-state index contributed by atoms with van der Waals surface area (Å²) in [5.74, 6) is 0.666. The second-order valence-corrected chi connectivity index (χ2v) is 3.41. The molecule has 1 aromatic carbocycles. The van der Waals surface area contributed by atoms with E-state index in [1.54, 1.807) is 24.3 Å². The quantitative estimate of drug-likeness (QED) is 0.814. The van der Waals surface area contributed by atoms with Gasteiger partial charge in [-0.25, -0.2) is 4.79 Å². The third-order valence-corrected chi connectivity index (χ3v) is 1.65. The predicted molar refractivity (Wildman–Crippen MR) is 67.7 cm³/mol. The standard InChI is InChI=1S/C11H14N2O3.ClH/c1-8(2)16-10-5-3-4-9(6-10)13-11(15)12-7-14;/h3-8H,1-2H3,(H2,12,13,14,15);1H. The summed E-state index contributed by atoms with van der Waals surface area (Å²) in [7, 11) is 0. The molecule has 6 heteroatoms. The van der Waals surface area contributed by atoms with Crippen LogP contribution in [0.5, 0.6) is 5.75 Å². The fraction of sp³-hybridized carbons (Fsp3) is 0.273. The van der Waals surface area contributed by atoms with Crippen LogP contribution in [0, 0.1) is 0 Å². The van der Waals surface area contributed by atoms with Gasteiger partial charge < -0.3 is 10.1 Å². The maximum Gasteiger partial charge on any atom is 0.325 e. The van der Waals surface area contributed by atoms with Gasteiger partial charge in [-0.05, 0) is 26.0 Å². The first-order valence-corrected chi connectivity index (χ1v) is 4.89. The smallest absolute Gasteiger partial charge is 0.325 e. The summed E-state index contributed by atoms with van der Waals surface area (Å²) in [6.07, 6.45) is 0.392. The molecule has 2 N–H and O–H groups in total. The van der Waals surface area contributed by atoms with Gasteiger partial charge in [-0.2, -0.15) is 0 Å². The van der Waals surface area contributed by atoms with Crippen molar-refractivity contribution in [1.29, 1.82) is 0 Å². The van der Waals surface area contributed by atoms with Gasteiger partial charge in [0.05, 0.1) is 6.10 Å². The molecular weight excluding hydrogens is 244 g/mol. The second kappa shape index (κ2) is 7.51. The first-order chi connectivity index (χ1) is 7.61. The molecular formula is C11H15ClN2O3. The Morgan fingerprint density at radius 3 is 2.71 bits per heavy atom. The maximum absolute atomic E-state index is 11.1. The first-order valence-electron chi connectivity index (χ1n) is 4.89. The maximum atomic E-state index is 11.1. The van der Waals surface area contributed by atoms with Crippen molar-refractivity contribution in [2.45, 2.75) is 20.0 Å². The highest BCUT2D eigenvalue weighted by Crippen LogP contribution is 2.18. The molecule has 1 rings (SSSR count). The largest absolute Gasteiger partial charge is 0.491 e. The number of carbonyl (C=O) groups excluding carboxylic acids is 2. The van der Waals surface area contributed by atoms with Crippen molar-refractivity contribution in [2.75, 3.05) is 5.32 Å². The number of hydrogen-bond donors (Lipinski definition) is 2. The fourth-order valence-electron chi connectivity index (χ4n) is 1.14. The zero-order valence-electron chi connectivity index (χ0n) is 9.60. The third-order valence-electron chi connectivity index (χ3n) is 1.65. The van der Waals surface area contributed by atoms with Crippen LogP contribution in [0.25, 0.3) is 0 Å². The van der Waals surface area contributed by atoms with Crippen molar-refractivity contribution in [3.8, 4) is 5.75 Å². The number of amides is 3. The van der Waals surface area contributed by atoms with Crippen molar-refractivity contribution in [3.05, 3.63) is 24.3 Å². The molecule has 94 valence electrons. The van der Waals surface area contributed by atoms with Crippen molar-refractivity contribution < 1.29 is 14.3 Å². The molecule has 0 aliphatic heterocycles. The number of urea groups is 1. The number of rotatable bonds is 4. The van der Waals surface area contributed by atoms with Crippen LogP contribution in [0.2, 0.25) is 0 Å². The highest BCUT2D eigenvalue weighted by Gasteiger charge is 2.02. The first kappa shape index (κ1) is 15.2. The lowest BCUT2D eigenvalue weighted by Crippen LogP contribution is -2.27. The molecule has 0 atom stereocenters. The summed E-state index contributed by atoms with van der Waals surface area (Å²) >= 11 is 0. The van der Waals surface area contributed by atoms with Crippen molar-refractivity contribution in [3.63, 3.8) is 0 Å². The Hall–Kier alpha value is -1.75. The van der Waals surface area contributed by atoms with Crippen LogP contribution in [0.4, 0.5) is 10.5 Å². The topological polar surface area (TPSA) is 67.4 Å². The number of ether oxygens (including phenoxy) is 1. The molecule has 5 nitrogen and oxygen atoms in total. The summed E-state index contributed by atoms with van der Waals surface area (Å²) in [4.78, 5) is 21.1. The van der Waals surface area contributed by atoms with Gasteiger partial charge in [0.15, 0.2) is 0 Å². The average molecular weight is 259 g/mol. The van der Waals surface area contributed by atoms with Crippen LogP contribution in [0.3, 0.4) is 0 Å². The van der Waals surface area contributed by atoms with E-state index in [1.807, 2.05) is 19.2 Å². The summed E-state index contributed by atoms with van der Waals surface area (Å²) in [5.41, 5.74) is 0.567. The minimum absolute atomic E-state index is 0. The van der Waals surface area contributed by atoms with Gasteiger partial charge >= 0.3 is 6.03 Å². The molecule has 0 aromatic heterocycles. The molecule has 1 aromatic rings. The molecule has 0 fully saturated rings. The molecule has 3 amide bonds. The number of halogens is 1. The van der Waals surface area contributed by atoms with Crippen LogP contribution in [0.15, 0.2) is 24.3 Å². The zero-order valence-corrected chi connectivity index (χ0v) is 10.4. The van der Waals surface area contributed by atoms with E-state index in [1.165, 1.54) is 0 Å². The minimum atomic E-state index is -0.573. The highest BCUT2D eigenvalue weighted by molar-refractivity contribution is 5.95. The van der Waals surface area contributed by atoms with Crippen LogP contribution >= 0.6 is 12.4 Å². The highest BCUT2D eigenvalue weighted by atomic mass is 35.5. The monoisotopic (exact) mass is 258 g/mol. The van der Waals surface area contributed by atoms with Gasteiger partial charge in [0.2, 0.25) is 6.41 Å². The van der Waals surface area contributed by atoms with Gasteiger partial charge in [0.25, 0.3) is 0 Å². The molecule has 17 heavy (non-hydrogen) atoms. The summed E-state index contributed by atoms with van der Waals surface area (Å²) in [6.45, 7) is 3.83. The van der Waals surface area contributed by atoms with E-state index in [2.05, 4.69) is 5.32 Å². The lowest BCUT2D eigenvalue weighted by molar-refractivity contribution is -0.108. The Labute approximate surface area is 106 Å². The van der Waals surface area contributed by atoms with Crippen molar-refractivity contribution in [2.24, 2.45) is 0 Å². The number of nitrogens with one attached hydrogen (secondary N) is 2. The molecule has 0 aliphatic carbocycles. The lowest BCUT2D eigenvalue weighted by atomic mass is 10.3. The molecule has 0 unspecified atom stereocenters. The van der Waals surface area contributed by atoms with E-state index in [-0.39, 0.29) is 18.5 Å². The zero-order chi connectivity index (χ0) is 12.0. The van der Waals surface area contributed by atoms with Gasteiger partial charge in [-0.15, -0.1) is 12.4 Å². The normalized spacial score (nSPS) is 9.12. The third kappa shape index (κ3) is 5.77. The average Bonchev–Trinajstić information content (AvgIpc) is 2.17. The predicted octanol–water partition coefficient (Wildman–Crippen LogP) is 2.17. The number of anilines is 1. The minimum Gasteiger partial charge on any atom is -0.491 e. The molecule has 0 aliphatic rings. The van der Waals surface area contributed by atoms with E-state index in [4.69, 9.17) is 4.74 Å².